The summed E-state index contributed by atoms with van der Waals surface area (Å²) < 4.78 is 3.07. The molecule has 2 aliphatic rings. The number of aromatic nitrogens is 3. The molecule has 0 atom stereocenters. The van der Waals surface area contributed by atoms with Crippen LogP contribution in [0.5, 0.6) is 0 Å². The number of hydrogen-bond donors (Lipinski definition) is 0. The first-order valence-corrected chi connectivity index (χ1v) is 8.29. The number of aryl methyl sites for hydroxylation is 1. The molecule has 0 fully saturated rings. The molecule has 1 amide bonds. The van der Waals surface area contributed by atoms with E-state index in [1.165, 1.54) is 10.2 Å². The molecule has 0 bridgehead atoms. The third-order valence-electron chi connectivity index (χ3n) is 4.75. The topological polar surface area (TPSA) is 60.1 Å². The molecule has 0 spiro atoms. The predicted octanol–water partition coefficient (Wildman–Crippen LogP) is 1.36. The second-order valence-corrected chi connectivity index (χ2v) is 6.24. The molecule has 6 nitrogen and oxygen atoms in total. The summed E-state index contributed by atoms with van der Waals surface area (Å²) in [4.78, 5) is 26.9. The van der Waals surface area contributed by atoms with Crippen molar-refractivity contribution >= 4 is 11.6 Å². The number of hydrogen-bond acceptors (Lipinski definition) is 3. The summed E-state index contributed by atoms with van der Waals surface area (Å²) in [6.07, 6.45) is 4.89. The van der Waals surface area contributed by atoms with Crippen LogP contribution in [0.1, 0.15) is 30.7 Å². The van der Waals surface area contributed by atoms with Crippen LogP contribution in [0.15, 0.2) is 29.1 Å². The third-order valence-corrected chi connectivity index (χ3v) is 4.75. The molecule has 1 aromatic heterocycles. The van der Waals surface area contributed by atoms with E-state index in [2.05, 4.69) is 5.10 Å². The van der Waals surface area contributed by atoms with Gasteiger partial charge in [-0.15, -0.1) is 0 Å². The lowest BCUT2D eigenvalue weighted by Gasteiger charge is -2.16. The predicted molar refractivity (Wildman–Crippen MR) is 86.5 cm³/mol. The van der Waals surface area contributed by atoms with Gasteiger partial charge in [0.15, 0.2) is 0 Å². The monoisotopic (exact) mass is 312 g/mol. The first-order chi connectivity index (χ1) is 11.2. The van der Waals surface area contributed by atoms with Crippen LogP contribution in [0.2, 0.25) is 0 Å². The number of rotatable bonds is 2. The minimum Gasteiger partial charge on any atom is -0.310 e. The van der Waals surface area contributed by atoms with Crippen molar-refractivity contribution in [2.24, 2.45) is 0 Å². The van der Waals surface area contributed by atoms with Crippen LogP contribution in [-0.4, -0.2) is 26.8 Å². The molecule has 0 saturated heterocycles. The van der Waals surface area contributed by atoms with E-state index in [0.29, 0.717) is 6.54 Å². The molecule has 0 unspecified atom stereocenters. The average Bonchev–Trinajstić information content (AvgIpc) is 3.01. The van der Waals surface area contributed by atoms with Gasteiger partial charge in [0.2, 0.25) is 5.91 Å². The van der Waals surface area contributed by atoms with Crippen LogP contribution in [0.3, 0.4) is 0 Å². The Morgan fingerprint density at radius 2 is 1.96 bits per heavy atom. The molecule has 0 N–H and O–H groups in total. The number of para-hydroxylation sites is 1. The van der Waals surface area contributed by atoms with E-state index in [-0.39, 0.29) is 18.1 Å². The fraction of sp³-hybridized carbons (Fsp3) is 0.471. The number of carbonyl (C=O) groups is 1. The molecule has 0 aliphatic carbocycles. The standard InChI is InChI=1S/C17H20N4O2/c22-16(19-11-9-13-6-3-4-7-14(13)19)12-21-17(23)20-10-5-1-2-8-15(20)18-21/h3-4,6-7H,1-2,5,8-12H2. The summed E-state index contributed by atoms with van der Waals surface area (Å²) in [6.45, 7) is 1.42. The number of nitrogens with zero attached hydrogens (tertiary/aromatic N) is 4. The summed E-state index contributed by atoms with van der Waals surface area (Å²) in [7, 11) is 0. The fourth-order valence-electron chi connectivity index (χ4n) is 3.54. The SMILES string of the molecule is O=C(Cn1nc2n(c1=O)CCCCC2)N1CCc2ccccc21. The summed E-state index contributed by atoms with van der Waals surface area (Å²) in [5.41, 5.74) is 2.00. The minimum absolute atomic E-state index is 0.0210. The summed E-state index contributed by atoms with van der Waals surface area (Å²) >= 11 is 0. The normalized spacial score (nSPS) is 16.8. The van der Waals surface area contributed by atoms with Crippen molar-refractivity contribution in [1.29, 1.82) is 0 Å². The van der Waals surface area contributed by atoms with Gasteiger partial charge in [-0.2, -0.15) is 5.10 Å². The second-order valence-electron chi connectivity index (χ2n) is 6.24. The highest BCUT2D eigenvalue weighted by Crippen LogP contribution is 2.27. The average molecular weight is 312 g/mol. The number of anilines is 1. The quantitative estimate of drug-likeness (QED) is 0.841. The van der Waals surface area contributed by atoms with Crippen molar-refractivity contribution in [1.82, 2.24) is 14.3 Å². The van der Waals surface area contributed by atoms with E-state index in [0.717, 1.165) is 50.2 Å². The second kappa shape index (κ2) is 5.68. The van der Waals surface area contributed by atoms with Gasteiger partial charge < -0.3 is 4.90 Å². The lowest BCUT2D eigenvalue weighted by atomic mass is 10.2. The largest absolute Gasteiger partial charge is 0.346 e. The maximum absolute atomic E-state index is 12.6. The number of carbonyl (C=O) groups excluding carboxylic acids is 1. The van der Waals surface area contributed by atoms with Crippen LogP contribution in [0, 0.1) is 0 Å². The van der Waals surface area contributed by atoms with Gasteiger partial charge in [0, 0.05) is 25.2 Å². The first kappa shape index (κ1) is 14.2. The molecule has 4 rings (SSSR count). The first-order valence-electron chi connectivity index (χ1n) is 8.29. The van der Waals surface area contributed by atoms with Crippen LogP contribution in [0.25, 0.3) is 0 Å². The Balaban J connectivity index is 1.57. The molecule has 3 heterocycles. The van der Waals surface area contributed by atoms with E-state index in [1.54, 1.807) is 9.47 Å². The Bertz CT molecular complexity index is 805. The van der Waals surface area contributed by atoms with Crippen LogP contribution < -0.4 is 10.6 Å². The molecular formula is C17H20N4O2. The third kappa shape index (κ3) is 2.48. The van der Waals surface area contributed by atoms with Crippen molar-refractivity contribution in [3.63, 3.8) is 0 Å². The lowest BCUT2D eigenvalue weighted by molar-refractivity contribution is -0.119. The van der Waals surface area contributed by atoms with E-state index in [9.17, 15) is 9.59 Å². The van der Waals surface area contributed by atoms with Gasteiger partial charge in [-0.25, -0.2) is 9.48 Å². The van der Waals surface area contributed by atoms with Gasteiger partial charge in [-0.1, -0.05) is 24.6 Å². The summed E-state index contributed by atoms with van der Waals surface area (Å²) in [5, 5.41) is 4.40. The number of benzene rings is 1. The van der Waals surface area contributed by atoms with Crippen molar-refractivity contribution < 1.29 is 4.79 Å². The molecule has 1 aromatic carbocycles. The molecule has 23 heavy (non-hydrogen) atoms. The fourth-order valence-corrected chi connectivity index (χ4v) is 3.54. The van der Waals surface area contributed by atoms with Crippen LogP contribution in [-0.2, 0) is 30.7 Å². The minimum atomic E-state index is -0.150. The Kier molecular flexibility index (Phi) is 3.52. The van der Waals surface area contributed by atoms with Crippen molar-refractivity contribution in [3.05, 3.63) is 46.1 Å². The van der Waals surface area contributed by atoms with Gasteiger partial charge >= 0.3 is 5.69 Å². The highest BCUT2D eigenvalue weighted by molar-refractivity contribution is 5.95. The van der Waals surface area contributed by atoms with E-state index >= 15 is 0 Å². The molecule has 6 heteroatoms. The van der Waals surface area contributed by atoms with E-state index in [4.69, 9.17) is 0 Å². The Morgan fingerprint density at radius 1 is 1.09 bits per heavy atom. The van der Waals surface area contributed by atoms with Crippen molar-refractivity contribution in [3.8, 4) is 0 Å². The maximum atomic E-state index is 12.6. The van der Waals surface area contributed by atoms with Gasteiger partial charge in [-0.05, 0) is 30.9 Å². The summed E-state index contributed by atoms with van der Waals surface area (Å²) in [5.74, 6) is 0.757. The van der Waals surface area contributed by atoms with E-state index in [1.807, 2.05) is 24.3 Å². The molecule has 0 saturated carbocycles. The van der Waals surface area contributed by atoms with Crippen LogP contribution in [0.4, 0.5) is 5.69 Å². The zero-order chi connectivity index (χ0) is 15.8. The van der Waals surface area contributed by atoms with Crippen molar-refractivity contribution in [2.75, 3.05) is 11.4 Å². The van der Waals surface area contributed by atoms with Gasteiger partial charge in [0.1, 0.15) is 12.4 Å². The molecule has 2 aromatic rings. The molecule has 0 radical (unpaired) electrons. The lowest BCUT2D eigenvalue weighted by Crippen LogP contribution is -2.36. The smallest absolute Gasteiger partial charge is 0.310 e. The van der Waals surface area contributed by atoms with Gasteiger partial charge in [0.05, 0.1) is 0 Å². The Morgan fingerprint density at radius 3 is 2.87 bits per heavy atom. The van der Waals surface area contributed by atoms with E-state index < -0.39 is 0 Å². The summed E-state index contributed by atoms with van der Waals surface area (Å²) in [6, 6.07) is 7.94. The highest BCUT2D eigenvalue weighted by Gasteiger charge is 2.26. The molecular weight excluding hydrogens is 292 g/mol. The van der Waals surface area contributed by atoms with Gasteiger partial charge in [-0.3, -0.25) is 9.36 Å². The highest BCUT2D eigenvalue weighted by atomic mass is 16.2. The molecule has 2 aliphatic heterocycles. The number of amides is 1. The van der Waals surface area contributed by atoms with Crippen LogP contribution >= 0.6 is 0 Å². The zero-order valence-corrected chi connectivity index (χ0v) is 13.1. The molecule has 120 valence electrons. The zero-order valence-electron chi connectivity index (χ0n) is 13.1. The van der Waals surface area contributed by atoms with Crippen molar-refractivity contribution in [2.45, 2.75) is 45.2 Å². The number of fused-ring (bicyclic) bond motifs is 2. The Hall–Kier alpha value is -2.37. The van der Waals surface area contributed by atoms with Gasteiger partial charge in [0.25, 0.3) is 0 Å². The maximum Gasteiger partial charge on any atom is 0.346 e. The Labute approximate surface area is 134 Å².